The van der Waals surface area contributed by atoms with Gasteiger partial charge in [-0.25, -0.2) is 10.2 Å². The number of hydrogen-bond acceptors (Lipinski definition) is 9. The number of benzene rings is 4. The van der Waals surface area contributed by atoms with Gasteiger partial charge >= 0.3 is 5.97 Å². The van der Waals surface area contributed by atoms with Crippen molar-refractivity contribution in [1.29, 1.82) is 0 Å². The first kappa shape index (κ1) is 25.4. The summed E-state index contributed by atoms with van der Waals surface area (Å²) >= 11 is 0. The highest BCUT2D eigenvalue weighted by atomic mass is 16.6. The number of carbonyl (C=O) groups excluding carboxylic acids is 2. The van der Waals surface area contributed by atoms with E-state index in [0.29, 0.717) is 11.3 Å². The summed E-state index contributed by atoms with van der Waals surface area (Å²) in [6.45, 7) is -0.261. The lowest BCUT2D eigenvalue weighted by molar-refractivity contribution is -0.394. The number of nitrogens with zero attached hydrogens (tertiary/aromatic N) is 3. The van der Waals surface area contributed by atoms with Gasteiger partial charge in [-0.05, 0) is 40.6 Å². The molecule has 12 nitrogen and oxygen atoms in total. The third-order valence-corrected chi connectivity index (χ3v) is 5.12. The van der Waals surface area contributed by atoms with Crippen molar-refractivity contribution in [2.75, 3.05) is 6.61 Å². The second kappa shape index (κ2) is 11.4. The summed E-state index contributed by atoms with van der Waals surface area (Å²) in [6.07, 6.45) is 1.31. The summed E-state index contributed by atoms with van der Waals surface area (Å²) in [4.78, 5) is 44.9. The molecule has 0 aliphatic rings. The fourth-order valence-electron chi connectivity index (χ4n) is 3.37. The fourth-order valence-corrected chi connectivity index (χ4v) is 3.37. The number of amides is 1. The number of esters is 1. The van der Waals surface area contributed by atoms with E-state index in [4.69, 9.17) is 9.47 Å². The molecule has 1 N–H and O–H groups in total. The van der Waals surface area contributed by atoms with Gasteiger partial charge < -0.3 is 9.47 Å². The minimum absolute atomic E-state index is 0.0547. The van der Waals surface area contributed by atoms with Crippen molar-refractivity contribution in [3.63, 3.8) is 0 Å². The molecule has 0 saturated heterocycles. The topological polar surface area (TPSA) is 163 Å². The Hall–Kier alpha value is -5.65. The van der Waals surface area contributed by atoms with Gasteiger partial charge in [-0.15, -0.1) is 0 Å². The molecule has 12 heteroatoms. The first-order valence-electron chi connectivity index (χ1n) is 11.0. The monoisotopic (exact) mass is 514 g/mol. The standard InChI is InChI=1S/C26H18N4O8/c31-25(16-37-23-9-8-18-5-1-2-6-19(18)13-23)28-27-15-17-4-3-7-24(10-17)38-26(32)20-11-21(29(33)34)14-22(12-20)30(35)36/h1-15H,16H2,(H,28,31)/b27-15-. The van der Waals surface area contributed by atoms with Crippen molar-refractivity contribution in [3.05, 3.63) is 116 Å². The lowest BCUT2D eigenvalue weighted by Gasteiger charge is -2.06. The third kappa shape index (κ3) is 6.51. The summed E-state index contributed by atoms with van der Waals surface area (Å²) in [5.41, 5.74) is 1.19. The Bertz CT molecular complexity index is 1550. The average molecular weight is 514 g/mol. The van der Waals surface area contributed by atoms with Crippen LogP contribution in [-0.2, 0) is 4.79 Å². The zero-order chi connectivity index (χ0) is 27.1. The lowest BCUT2D eigenvalue weighted by atomic mass is 10.1. The molecule has 38 heavy (non-hydrogen) atoms. The van der Waals surface area contributed by atoms with Gasteiger partial charge in [-0.1, -0.05) is 42.5 Å². The van der Waals surface area contributed by atoms with E-state index in [0.717, 1.165) is 29.0 Å². The summed E-state index contributed by atoms with van der Waals surface area (Å²) in [6, 6.07) is 21.8. The number of hydrogen-bond donors (Lipinski definition) is 1. The van der Waals surface area contributed by atoms with Crippen LogP contribution in [0.2, 0.25) is 0 Å². The molecule has 0 radical (unpaired) electrons. The Morgan fingerprint density at radius 3 is 2.24 bits per heavy atom. The van der Waals surface area contributed by atoms with Crippen molar-refractivity contribution >= 4 is 40.2 Å². The average Bonchev–Trinajstić information content (AvgIpc) is 2.91. The van der Waals surface area contributed by atoms with Crippen molar-refractivity contribution in [2.24, 2.45) is 5.10 Å². The summed E-state index contributed by atoms with van der Waals surface area (Å²) in [7, 11) is 0. The van der Waals surface area contributed by atoms with Gasteiger partial charge in [-0.2, -0.15) is 5.10 Å². The van der Waals surface area contributed by atoms with Crippen LogP contribution in [0.15, 0.2) is 90.0 Å². The predicted molar refractivity (Wildman–Crippen MR) is 136 cm³/mol. The van der Waals surface area contributed by atoms with Gasteiger partial charge in [0.2, 0.25) is 0 Å². The van der Waals surface area contributed by atoms with Crippen molar-refractivity contribution < 1.29 is 28.9 Å². The van der Waals surface area contributed by atoms with Crippen LogP contribution in [0.3, 0.4) is 0 Å². The first-order valence-corrected chi connectivity index (χ1v) is 11.0. The second-order valence-electron chi connectivity index (χ2n) is 7.81. The van der Waals surface area contributed by atoms with E-state index >= 15 is 0 Å². The smallest absolute Gasteiger partial charge is 0.344 e. The number of non-ortho nitro benzene ring substituents is 2. The Balaban J connectivity index is 1.34. The van der Waals surface area contributed by atoms with E-state index in [1.54, 1.807) is 18.2 Å². The molecule has 0 bridgehead atoms. The minimum Gasteiger partial charge on any atom is -0.484 e. The summed E-state index contributed by atoms with van der Waals surface area (Å²) < 4.78 is 10.7. The van der Waals surface area contributed by atoms with Gasteiger partial charge in [0, 0.05) is 12.1 Å². The minimum atomic E-state index is -1.02. The van der Waals surface area contributed by atoms with Crippen molar-refractivity contribution in [1.82, 2.24) is 5.43 Å². The SMILES string of the molecule is O=C(COc1ccc2ccccc2c1)N/N=C\c1cccc(OC(=O)c2cc([N+](=O)[O-])cc([N+](=O)[O-])c2)c1. The van der Waals surface area contributed by atoms with Crippen LogP contribution in [0.1, 0.15) is 15.9 Å². The molecule has 0 aromatic heterocycles. The van der Waals surface area contributed by atoms with Crippen LogP contribution >= 0.6 is 0 Å². The van der Waals surface area contributed by atoms with Crippen LogP contribution in [0.25, 0.3) is 10.8 Å². The Morgan fingerprint density at radius 2 is 1.53 bits per heavy atom. The van der Waals surface area contributed by atoms with E-state index in [1.807, 2.05) is 36.4 Å². The zero-order valence-electron chi connectivity index (χ0n) is 19.5. The largest absolute Gasteiger partial charge is 0.484 e. The molecule has 0 atom stereocenters. The molecular weight excluding hydrogens is 496 g/mol. The maximum atomic E-state index is 12.5. The molecule has 0 saturated carbocycles. The van der Waals surface area contributed by atoms with E-state index in [9.17, 15) is 29.8 Å². The maximum absolute atomic E-state index is 12.5. The lowest BCUT2D eigenvalue weighted by Crippen LogP contribution is -2.24. The normalized spacial score (nSPS) is 10.7. The van der Waals surface area contributed by atoms with Crippen LogP contribution in [0.4, 0.5) is 11.4 Å². The maximum Gasteiger partial charge on any atom is 0.344 e. The van der Waals surface area contributed by atoms with Crippen LogP contribution < -0.4 is 14.9 Å². The Morgan fingerprint density at radius 1 is 0.816 bits per heavy atom. The highest BCUT2D eigenvalue weighted by molar-refractivity contribution is 5.93. The molecule has 0 spiro atoms. The van der Waals surface area contributed by atoms with Crippen LogP contribution in [0, 0.1) is 20.2 Å². The van der Waals surface area contributed by atoms with Gasteiger partial charge in [0.25, 0.3) is 17.3 Å². The van der Waals surface area contributed by atoms with E-state index in [-0.39, 0.29) is 17.9 Å². The third-order valence-electron chi connectivity index (χ3n) is 5.12. The number of rotatable bonds is 9. The quantitative estimate of drug-likeness (QED) is 0.113. The molecule has 4 aromatic rings. The highest BCUT2D eigenvalue weighted by Crippen LogP contribution is 2.24. The van der Waals surface area contributed by atoms with E-state index in [1.165, 1.54) is 18.3 Å². The number of carbonyl (C=O) groups is 2. The van der Waals surface area contributed by atoms with Crippen molar-refractivity contribution in [2.45, 2.75) is 0 Å². The number of hydrazone groups is 1. The number of fused-ring (bicyclic) bond motifs is 1. The second-order valence-corrected chi connectivity index (χ2v) is 7.81. The molecular formula is C26H18N4O8. The molecule has 0 heterocycles. The van der Waals surface area contributed by atoms with Crippen LogP contribution in [-0.4, -0.2) is 34.5 Å². The number of nitro benzene ring substituents is 2. The predicted octanol–water partition coefficient (Wildman–Crippen LogP) is 4.40. The zero-order valence-corrected chi connectivity index (χ0v) is 19.5. The molecule has 190 valence electrons. The molecule has 0 fully saturated rings. The molecule has 1 amide bonds. The fraction of sp³-hybridized carbons (Fsp3) is 0.0385. The summed E-state index contributed by atoms with van der Waals surface area (Å²) in [5, 5.41) is 28.0. The van der Waals surface area contributed by atoms with Crippen molar-refractivity contribution in [3.8, 4) is 11.5 Å². The molecule has 0 unspecified atom stereocenters. The van der Waals surface area contributed by atoms with Crippen LogP contribution in [0.5, 0.6) is 11.5 Å². The van der Waals surface area contributed by atoms with E-state index < -0.39 is 33.1 Å². The molecule has 4 aromatic carbocycles. The number of ether oxygens (including phenoxy) is 2. The number of nitro groups is 2. The van der Waals surface area contributed by atoms with Gasteiger partial charge in [0.15, 0.2) is 6.61 Å². The van der Waals surface area contributed by atoms with Gasteiger partial charge in [0.1, 0.15) is 11.5 Å². The molecule has 0 aliphatic carbocycles. The first-order chi connectivity index (χ1) is 18.3. The number of nitrogens with one attached hydrogen (secondary N) is 1. The van der Waals surface area contributed by atoms with Gasteiger partial charge in [0.05, 0.1) is 27.7 Å². The Labute approximate surface area is 214 Å². The van der Waals surface area contributed by atoms with E-state index in [2.05, 4.69) is 10.5 Å². The van der Waals surface area contributed by atoms with Gasteiger partial charge in [-0.3, -0.25) is 25.0 Å². The Kier molecular flexibility index (Phi) is 7.63. The molecule has 4 rings (SSSR count). The highest BCUT2D eigenvalue weighted by Gasteiger charge is 2.21. The summed E-state index contributed by atoms with van der Waals surface area (Å²) in [5.74, 6) is -0.931. The molecule has 0 aliphatic heterocycles.